The average molecular weight is 279 g/mol. The Labute approximate surface area is 121 Å². The van der Waals surface area contributed by atoms with Crippen molar-refractivity contribution in [2.45, 2.75) is 6.92 Å². The molecule has 0 unspecified atom stereocenters. The summed E-state index contributed by atoms with van der Waals surface area (Å²) in [5, 5.41) is 0.719. The maximum absolute atomic E-state index is 12.4. The van der Waals surface area contributed by atoms with Gasteiger partial charge in [-0.3, -0.25) is 14.2 Å². The van der Waals surface area contributed by atoms with E-state index >= 15 is 0 Å². The lowest BCUT2D eigenvalue weighted by molar-refractivity contribution is -0.131. The molecule has 3 aromatic rings. The first-order valence-electron chi connectivity index (χ1n) is 6.55. The molecule has 2 aromatic carbocycles. The van der Waals surface area contributed by atoms with Gasteiger partial charge in [-0.2, -0.15) is 0 Å². The fraction of sp³-hybridized carbons (Fsp3) is 0.0588. The molecule has 0 amide bonds. The van der Waals surface area contributed by atoms with Gasteiger partial charge in [0.2, 0.25) is 0 Å². The van der Waals surface area contributed by atoms with Gasteiger partial charge in [-0.15, -0.1) is 0 Å². The normalized spacial score (nSPS) is 10.5. The van der Waals surface area contributed by atoms with Crippen LogP contribution >= 0.6 is 0 Å². The van der Waals surface area contributed by atoms with Crippen molar-refractivity contribution in [3.8, 4) is 11.4 Å². The first-order chi connectivity index (χ1) is 10.2. The van der Waals surface area contributed by atoms with Crippen LogP contribution in [0.5, 0.6) is 5.75 Å². The second kappa shape index (κ2) is 5.25. The molecule has 1 heterocycles. The van der Waals surface area contributed by atoms with E-state index < -0.39 is 5.97 Å². The Balaban J connectivity index is 2.35. The summed E-state index contributed by atoms with van der Waals surface area (Å²) in [4.78, 5) is 23.6. The van der Waals surface area contributed by atoms with Crippen molar-refractivity contribution in [2.24, 2.45) is 0 Å². The molecule has 0 atom stereocenters. The van der Waals surface area contributed by atoms with Gasteiger partial charge in [-0.05, 0) is 24.3 Å². The van der Waals surface area contributed by atoms with Crippen molar-refractivity contribution < 1.29 is 9.53 Å². The molecule has 0 N–H and O–H groups in total. The van der Waals surface area contributed by atoms with Crippen LogP contribution in [0.15, 0.2) is 65.5 Å². The molecule has 0 aliphatic carbocycles. The lowest BCUT2D eigenvalue weighted by atomic mass is 10.2. The molecule has 0 saturated heterocycles. The lowest BCUT2D eigenvalue weighted by Gasteiger charge is -2.12. The zero-order valence-corrected chi connectivity index (χ0v) is 11.4. The summed E-state index contributed by atoms with van der Waals surface area (Å²) in [5.41, 5.74) is 1.23. The van der Waals surface area contributed by atoms with Crippen molar-refractivity contribution in [3.05, 3.63) is 71.0 Å². The molecule has 4 heteroatoms. The van der Waals surface area contributed by atoms with E-state index in [1.807, 2.05) is 54.6 Å². The van der Waals surface area contributed by atoms with Crippen LogP contribution in [0.25, 0.3) is 16.6 Å². The van der Waals surface area contributed by atoms with E-state index in [2.05, 4.69) is 0 Å². The minimum absolute atomic E-state index is 0.240. The second-order valence-electron chi connectivity index (χ2n) is 4.63. The number of para-hydroxylation sites is 2. The smallest absolute Gasteiger partial charge is 0.308 e. The quantitative estimate of drug-likeness (QED) is 0.678. The number of hydrogen-bond acceptors (Lipinski definition) is 3. The largest absolute Gasteiger partial charge is 0.426 e. The van der Waals surface area contributed by atoms with Crippen molar-refractivity contribution in [3.63, 3.8) is 0 Å². The first kappa shape index (κ1) is 13.1. The Morgan fingerprint density at radius 3 is 2.38 bits per heavy atom. The van der Waals surface area contributed by atoms with Crippen LogP contribution in [0, 0.1) is 0 Å². The fourth-order valence-corrected chi connectivity index (χ4v) is 2.33. The van der Waals surface area contributed by atoms with E-state index in [1.54, 1.807) is 4.57 Å². The first-order valence-corrected chi connectivity index (χ1v) is 6.55. The third-order valence-corrected chi connectivity index (χ3v) is 3.15. The zero-order valence-electron chi connectivity index (χ0n) is 11.4. The highest BCUT2D eigenvalue weighted by atomic mass is 16.5. The minimum atomic E-state index is -0.447. The number of ether oxygens (including phenoxy) is 1. The van der Waals surface area contributed by atoms with Crippen molar-refractivity contribution in [2.75, 3.05) is 0 Å². The van der Waals surface area contributed by atoms with Gasteiger partial charge in [0.05, 0.1) is 5.52 Å². The molecule has 104 valence electrons. The van der Waals surface area contributed by atoms with Crippen LogP contribution in [0.1, 0.15) is 6.92 Å². The van der Waals surface area contributed by atoms with Crippen LogP contribution in [-0.4, -0.2) is 10.5 Å². The van der Waals surface area contributed by atoms with Gasteiger partial charge in [-0.1, -0.05) is 30.3 Å². The second-order valence-corrected chi connectivity index (χ2v) is 4.63. The Kier molecular flexibility index (Phi) is 3.28. The third kappa shape index (κ3) is 2.43. The van der Waals surface area contributed by atoms with Crippen LogP contribution in [0.3, 0.4) is 0 Å². The SMILES string of the molecule is CC(=O)Oc1cc(=O)n(-c2ccccc2)c2ccccc12. The van der Waals surface area contributed by atoms with E-state index in [0.29, 0.717) is 5.52 Å². The number of esters is 1. The number of nitrogens with zero attached hydrogens (tertiary/aromatic N) is 1. The number of aromatic nitrogens is 1. The predicted octanol–water partition coefficient (Wildman–Crippen LogP) is 2.92. The van der Waals surface area contributed by atoms with Crippen molar-refractivity contribution in [1.82, 2.24) is 4.57 Å². The van der Waals surface area contributed by atoms with Crippen LogP contribution < -0.4 is 10.3 Å². The van der Waals surface area contributed by atoms with Gasteiger partial charge < -0.3 is 4.74 Å². The number of carbonyl (C=O) groups is 1. The highest BCUT2D eigenvalue weighted by Crippen LogP contribution is 2.25. The topological polar surface area (TPSA) is 48.3 Å². The molecule has 0 radical (unpaired) electrons. The summed E-state index contributed by atoms with van der Waals surface area (Å²) in [5.74, 6) is -0.160. The number of fused-ring (bicyclic) bond motifs is 1. The summed E-state index contributed by atoms with van der Waals surface area (Å²) in [7, 11) is 0. The molecule has 21 heavy (non-hydrogen) atoms. The number of rotatable bonds is 2. The molecule has 0 spiro atoms. The van der Waals surface area contributed by atoms with E-state index in [-0.39, 0.29) is 11.3 Å². The molecule has 4 nitrogen and oxygen atoms in total. The average Bonchev–Trinajstić information content (AvgIpc) is 2.48. The third-order valence-electron chi connectivity index (χ3n) is 3.15. The van der Waals surface area contributed by atoms with Gasteiger partial charge >= 0.3 is 5.97 Å². The molecule has 0 aliphatic heterocycles. The number of hydrogen-bond donors (Lipinski definition) is 0. The molecular weight excluding hydrogens is 266 g/mol. The van der Waals surface area contributed by atoms with E-state index in [4.69, 9.17) is 4.74 Å². The van der Waals surface area contributed by atoms with Gasteiger partial charge in [0.25, 0.3) is 5.56 Å². The minimum Gasteiger partial charge on any atom is -0.426 e. The van der Waals surface area contributed by atoms with Gasteiger partial charge in [0.15, 0.2) is 0 Å². The molecule has 0 saturated carbocycles. The Morgan fingerprint density at radius 2 is 1.67 bits per heavy atom. The summed E-state index contributed by atoms with van der Waals surface area (Å²) < 4.78 is 6.75. The molecule has 0 aliphatic rings. The number of carbonyl (C=O) groups excluding carboxylic acids is 1. The molecule has 0 fully saturated rings. The zero-order chi connectivity index (χ0) is 14.8. The summed E-state index contributed by atoms with van der Waals surface area (Å²) >= 11 is 0. The maximum atomic E-state index is 12.4. The molecule has 0 bridgehead atoms. The number of pyridine rings is 1. The van der Waals surface area contributed by atoms with Crippen molar-refractivity contribution >= 4 is 16.9 Å². The molecule has 1 aromatic heterocycles. The van der Waals surface area contributed by atoms with Gasteiger partial charge in [0, 0.05) is 24.1 Å². The van der Waals surface area contributed by atoms with E-state index in [9.17, 15) is 9.59 Å². The fourth-order valence-electron chi connectivity index (χ4n) is 2.33. The Morgan fingerprint density at radius 1 is 1.00 bits per heavy atom. The Bertz CT molecular complexity index is 866. The summed E-state index contributed by atoms with van der Waals surface area (Å²) in [6, 6.07) is 18.0. The molecule has 3 rings (SSSR count). The summed E-state index contributed by atoms with van der Waals surface area (Å²) in [6.07, 6.45) is 0. The highest BCUT2D eigenvalue weighted by Gasteiger charge is 2.12. The van der Waals surface area contributed by atoms with Gasteiger partial charge in [0.1, 0.15) is 5.75 Å². The highest BCUT2D eigenvalue weighted by molar-refractivity contribution is 5.88. The van der Waals surface area contributed by atoms with Crippen LogP contribution in [-0.2, 0) is 4.79 Å². The van der Waals surface area contributed by atoms with E-state index in [0.717, 1.165) is 11.1 Å². The monoisotopic (exact) mass is 279 g/mol. The van der Waals surface area contributed by atoms with Crippen LogP contribution in [0.2, 0.25) is 0 Å². The van der Waals surface area contributed by atoms with Crippen molar-refractivity contribution in [1.29, 1.82) is 0 Å². The summed E-state index contributed by atoms with van der Waals surface area (Å²) in [6.45, 7) is 1.32. The molecular formula is C17H13NO3. The van der Waals surface area contributed by atoms with Crippen LogP contribution in [0.4, 0.5) is 0 Å². The van der Waals surface area contributed by atoms with E-state index in [1.165, 1.54) is 13.0 Å². The predicted molar refractivity (Wildman–Crippen MR) is 80.9 cm³/mol. The number of benzene rings is 2. The maximum Gasteiger partial charge on any atom is 0.308 e. The Hall–Kier alpha value is -2.88. The standard InChI is InChI=1S/C17H13NO3/c1-12(19)21-16-11-17(20)18(13-7-3-2-4-8-13)15-10-6-5-9-14(15)16/h2-11H,1H3. The lowest BCUT2D eigenvalue weighted by Crippen LogP contribution is -2.19. The van der Waals surface area contributed by atoms with Gasteiger partial charge in [-0.25, -0.2) is 0 Å².